The molecule has 0 saturated heterocycles. The van der Waals surface area contributed by atoms with Gasteiger partial charge in [-0.3, -0.25) is 4.68 Å². The van der Waals surface area contributed by atoms with Crippen LogP contribution in [0, 0.1) is 0 Å². The van der Waals surface area contributed by atoms with Gasteiger partial charge in [-0.1, -0.05) is 0 Å². The number of nitrogen functional groups attached to an aromatic ring is 1. The highest BCUT2D eigenvalue weighted by atomic mass is 32.2. The highest BCUT2D eigenvalue weighted by Gasteiger charge is 2.00. The molecule has 0 radical (unpaired) electrons. The molecule has 0 fully saturated rings. The Hall–Kier alpha value is -0.575. The minimum absolute atomic E-state index is 0.726. The Labute approximate surface area is 65.1 Å². The highest BCUT2D eigenvalue weighted by molar-refractivity contribution is 8.23. The minimum atomic E-state index is 0.726. The van der Waals surface area contributed by atoms with Crippen LogP contribution in [-0.2, 0) is 7.05 Å². The molecule has 0 spiro atoms. The molecule has 5 heteroatoms. The maximum Gasteiger partial charge on any atom is 0.250 e. The van der Waals surface area contributed by atoms with Gasteiger partial charge in [0.15, 0.2) is 0 Å². The zero-order valence-corrected chi connectivity index (χ0v) is 6.98. The quantitative estimate of drug-likeness (QED) is 0.576. The van der Waals surface area contributed by atoms with E-state index in [0.717, 1.165) is 18.0 Å². The lowest BCUT2D eigenvalue weighted by atomic mass is 10.0. The smallest absolute Gasteiger partial charge is 0.250 e. The van der Waals surface area contributed by atoms with Crippen LogP contribution in [0.1, 0.15) is 0 Å². The SMILES string of the molecule is CSBc1cc(N)n(C)n1. The average Bonchev–Trinajstić information content (AvgIpc) is 2.14. The number of hydrogen-bond acceptors (Lipinski definition) is 3. The van der Waals surface area contributed by atoms with Crippen LogP contribution >= 0.6 is 11.6 Å². The lowest BCUT2D eigenvalue weighted by Gasteiger charge is -1.88. The van der Waals surface area contributed by atoms with Crippen molar-refractivity contribution in [2.24, 2.45) is 7.05 Å². The maximum absolute atomic E-state index is 5.56. The molecule has 2 N–H and O–H groups in total. The number of nitrogens with zero attached hydrogens (tertiary/aromatic N) is 2. The predicted molar refractivity (Wildman–Crippen MR) is 47.9 cm³/mol. The summed E-state index contributed by atoms with van der Waals surface area (Å²) in [6.07, 6.45) is 2.05. The average molecular weight is 155 g/mol. The second-order valence-corrected chi connectivity index (χ2v) is 2.98. The third kappa shape index (κ3) is 1.47. The van der Waals surface area contributed by atoms with Crippen LogP contribution in [0.4, 0.5) is 5.82 Å². The summed E-state index contributed by atoms with van der Waals surface area (Å²) in [6.45, 7) is 0.936. The molecular formula is C5H10BN3S. The van der Waals surface area contributed by atoms with E-state index in [-0.39, 0.29) is 0 Å². The number of nitrogens with two attached hydrogens (primary N) is 1. The highest BCUT2D eigenvalue weighted by Crippen LogP contribution is 1.95. The third-order valence-electron chi connectivity index (χ3n) is 1.26. The Balaban J connectivity index is 2.77. The monoisotopic (exact) mass is 155 g/mol. The lowest BCUT2D eigenvalue weighted by molar-refractivity contribution is 0.788. The summed E-state index contributed by atoms with van der Waals surface area (Å²) in [4.78, 5) is 0. The molecule has 1 heterocycles. The van der Waals surface area contributed by atoms with Gasteiger partial charge in [0, 0.05) is 12.6 Å². The number of aryl methyl sites for hydroxylation is 1. The van der Waals surface area contributed by atoms with Gasteiger partial charge in [0.25, 0.3) is 6.56 Å². The van der Waals surface area contributed by atoms with Crippen molar-refractivity contribution in [3.8, 4) is 0 Å². The second kappa shape index (κ2) is 3.01. The number of rotatable bonds is 2. The molecule has 54 valence electrons. The number of anilines is 1. The largest absolute Gasteiger partial charge is 0.384 e. The van der Waals surface area contributed by atoms with Gasteiger partial charge >= 0.3 is 0 Å². The molecule has 0 unspecified atom stereocenters. The van der Waals surface area contributed by atoms with Crippen LogP contribution in [-0.4, -0.2) is 22.6 Å². The van der Waals surface area contributed by atoms with Crippen molar-refractivity contribution in [1.82, 2.24) is 9.78 Å². The Morgan fingerprint density at radius 3 is 2.90 bits per heavy atom. The van der Waals surface area contributed by atoms with Crippen molar-refractivity contribution in [2.45, 2.75) is 0 Å². The number of hydrogen-bond donors (Lipinski definition) is 1. The first-order chi connectivity index (χ1) is 4.74. The molecule has 1 aromatic heterocycles. The first kappa shape index (κ1) is 7.53. The fourth-order valence-electron chi connectivity index (χ4n) is 0.762. The van der Waals surface area contributed by atoms with E-state index in [1.165, 1.54) is 0 Å². The van der Waals surface area contributed by atoms with Crippen LogP contribution in [0.25, 0.3) is 0 Å². The first-order valence-electron chi connectivity index (χ1n) is 3.01. The van der Waals surface area contributed by atoms with E-state index in [1.807, 2.05) is 19.4 Å². The van der Waals surface area contributed by atoms with Crippen LogP contribution in [0.5, 0.6) is 0 Å². The summed E-state index contributed by atoms with van der Waals surface area (Å²) in [7, 11) is 1.85. The molecule has 0 saturated carbocycles. The molecule has 0 aliphatic carbocycles. The van der Waals surface area contributed by atoms with Gasteiger partial charge in [-0.2, -0.15) is 5.10 Å². The van der Waals surface area contributed by atoms with E-state index in [2.05, 4.69) is 5.10 Å². The van der Waals surface area contributed by atoms with E-state index >= 15 is 0 Å². The van der Waals surface area contributed by atoms with Gasteiger partial charge in [-0.15, -0.1) is 0 Å². The molecule has 0 aromatic carbocycles. The molecule has 10 heavy (non-hydrogen) atoms. The molecule has 0 atom stereocenters. The number of aromatic nitrogens is 2. The molecule has 0 amide bonds. The van der Waals surface area contributed by atoms with Crippen LogP contribution < -0.4 is 11.3 Å². The van der Waals surface area contributed by atoms with Crippen molar-refractivity contribution < 1.29 is 0 Å². The van der Waals surface area contributed by atoms with Crippen molar-refractivity contribution in [2.75, 3.05) is 12.0 Å². The molecule has 1 aromatic rings. The lowest BCUT2D eigenvalue weighted by Crippen LogP contribution is -2.12. The normalized spacial score (nSPS) is 9.80. The maximum atomic E-state index is 5.56. The Kier molecular flexibility index (Phi) is 2.27. The van der Waals surface area contributed by atoms with E-state index in [4.69, 9.17) is 5.73 Å². The standard InChI is InChI=1S/C5H10BN3S/c1-9-5(7)3-4(8-9)6-10-2/h3,6H,7H2,1-2H3. The minimum Gasteiger partial charge on any atom is -0.384 e. The van der Waals surface area contributed by atoms with Gasteiger partial charge in [0.1, 0.15) is 5.82 Å². The fraction of sp³-hybridized carbons (Fsp3) is 0.400. The van der Waals surface area contributed by atoms with Crippen molar-refractivity contribution in [3.05, 3.63) is 6.07 Å². The van der Waals surface area contributed by atoms with Gasteiger partial charge in [-0.05, 0) is 12.3 Å². The summed E-state index contributed by atoms with van der Waals surface area (Å²) in [5.41, 5.74) is 6.61. The van der Waals surface area contributed by atoms with Gasteiger partial charge < -0.3 is 5.73 Å². The molecule has 0 aliphatic rings. The van der Waals surface area contributed by atoms with Crippen LogP contribution in [0.15, 0.2) is 6.07 Å². The fourth-order valence-corrected chi connectivity index (χ4v) is 1.20. The first-order valence-corrected chi connectivity index (χ1v) is 4.40. The predicted octanol–water partition coefficient (Wildman–Crippen LogP) is -0.658. The second-order valence-electron chi connectivity index (χ2n) is 2.12. The van der Waals surface area contributed by atoms with Crippen molar-refractivity contribution in [1.29, 1.82) is 0 Å². The van der Waals surface area contributed by atoms with E-state index in [1.54, 1.807) is 16.3 Å². The summed E-state index contributed by atoms with van der Waals surface area (Å²) in [5, 5.41) is 4.17. The Morgan fingerprint density at radius 2 is 2.50 bits per heavy atom. The summed E-state index contributed by atoms with van der Waals surface area (Å²) < 4.78 is 1.69. The zero-order valence-electron chi connectivity index (χ0n) is 6.16. The summed E-state index contributed by atoms with van der Waals surface area (Å²) >= 11 is 1.75. The third-order valence-corrected chi connectivity index (χ3v) is 1.84. The van der Waals surface area contributed by atoms with E-state index in [9.17, 15) is 0 Å². The van der Waals surface area contributed by atoms with Gasteiger partial charge in [-0.25, -0.2) is 11.6 Å². The van der Waals surface area contributed by atoms with Crippen molar-refractivity contribution >= 4 is 29.6 Å². The molecule has 1 rings (SSSR count). The van der Waals surface area contributed by atoms with Crippen LogP contribution in [0.3, 0.4) is 0 Å². The Bertz CT molecular complexity index is 203. The molecule has 0 aliphatic heterocycles. The van der Waals surface area contributed by atoms with Gasteiger partial charge in [0.05, 0.1) is 0 Å². The van der Waals surface area contributed by atoms with Crippen LogP contribution in [0.2, 0.25) is 0 Å². The molecule has 3 nitrogen and oxygen atoms in total. The summed E-state index contributed by atoms with van der Waals surface area (Å²) in [6, 6.07) is 1.90. The Morgan fingerprint density at radius 1 is 1.80 bits per heavy atom. The zero-order chi connectivity index (χ0) is 7.56. The topological polar surface area (TPSA) is 43.8 Å². The van der Waals surface area contributed by atoms with E-state index in [0.29, 0.717) is 0 Å². The van der Waals surface area contributed by atoms with Gasteiger partial charge in [0.2, 0.25) is 0 Å². The van der Waals surface area contributed by atoms with Crippen molar-refractivity contribution in [3.63, 3.8) is 0 Å². The summed E-state index contributed by atoms with van der Waals surface area (Å²) in [5.74, 6) is 0.726. The van der Waals surface area contributed by atoms with E-state index < -0.39 is 0 Å². The molecule has 0 bridgehead atoms. The molecular weight excluding hydrogens is 145 g/mol.